The minimum Gasteiger partial charge on any atom is -0.465 e. The third-order valence-corrected chi connectivity index (χ3v) is 4.03. The van der Waals surface area contributed by atoms with E-state index in [-0.39, 0.29) is 11.9 Å². The molecular formula is C17H23NO4. The second kappa shape index (κ2) is 7.82. The number of ether oxygens (including phenoxy) is 1. The zero-order valence-electron chi connectivity index (χ0n) is 13.1. The molecule has 0 radical (unpaired) electrons. The van der Waals surface area contributed by atoms with Crippen molar-refractivity contribution in [3.63, 3.8) is 0 Å². The van der Waals surface area contributed by atoms with E-state index in [0.29, 0.717) is 11.7 Å². The molecule has 5 heteroatoms. The maximum absolute atomic E-state index is 12.1. The summed E-state index contributed by atoms with van der Waals surface area (Å²) < 4.78 is 10.2. The van der Waals surface area contributed by atoms with Crippen LogP contribution in [0.2, 0.25) is 0 Å². The average Bonchev–Trinajstić information content (AvgIpc) is 3.00. The Balaban J connectivity index is 1.79. The fourth-order valence-corrected chi connectivity index (χ4v) is 2.63. The highest BCUT2D eigenvalue weighted by atomic mass is 16.5. The number of hydrogen-bond donors (Lipinski definition) is 1. The zero-order chi connectivity index (χ0) is 15.9. The summed E-state index contributed by atoms with van der Waals surface area (Å²) in [5.74, 6) is 0.235. The van der Waals surface area contributed by atoms with Gasteiger partial charge in [0.25, 0.3) is 5.91 Å². The molecule has 0 saturated heterocycles. The summed E-state index contributed by atoms with van der Waals surface area (Å²) in [5, 5.41) is 2.98. The van der Waals surface area contributed by atoms with Crippen molar-refractivity contribution in [3.8, 4) is 0 Å². The molecule has 3 atom stereocenters. The van der Waals surface area contributed by atoms with Crippen LogP contribution >= 0.6 is 0 Å². The molecule has 1 N–H and O–H groups in total. The van der Waals surface area contributed by atoms with Gasteiger partial charge in [0.2, 0.25) is 0 Å². The minimum absolute atomic E-state index is 0.182. The van der Waals surface area contributed by atoms with Gasteiger partial charge in [-0.25, -0.2) is 4.79 Å². The van der Waals surface area contributed by atoms with Crippen molar-refractivity contribution in [2.45, 2.75) is 51.7 Å². The van der Waals surface area contributed by atoms with Crippen molar-refractivity contribution >= 4 is 18.0 Å². The summed E-state index contributed by atoms with van der Waals surface area (Å²) in [6.45, 7) is 3.73. The third-order valence-electron chi connectivity index (χ3n) is 4.03. The van der Waals surface area contributed by atoms with Gasteiger partial charge in [0.15, 0.2) is 6.10 Å². The molecule has 1 heterocycles. The predicted molar refractivity (Wildman–Crippen MR) is 82.9 cm³/mol. The number of hydrogen-bond acceptors (Lipinski definition) is 4. The molecule has 2 rings (SSSR count). The molecule has 120 valence electrons. The molecule has 0 bridgehead atoms. The highest BCUT2D eigenvalue weighted by Crippen LogP contribution is 2.23. The molecule has 0 aliphatic heterocycles. The quantitative estimate of drug-likeness (QED) is 0.671. The van der Waals surface area contributed by atoms with E-state index in [1.807, 2.05) is 0 Å². The van der Waals surface area contributed by atoms with Gasteiger partial charge >= 0.3 is 5.97 Å². The largest absolute Gasteiger partial charge is 0.465 e. The highest BCUT2D eigenvalue weighted by molar-refractivity contribution is 5.90. The fourth-order valence-electron chi connectivity index (χ4n) is 2.63. The van der Waals surface area contributed by atoms with Gasteiger partial charge in [0, 0.05) is 12.1 Å². The Morgan fingerprint density at radius 1 is 1.41 bits per heavy atom. The number of amides is 1. The van der Waals surface area contributed by atoms with Crippen LogP contribution in [-0.2, 0) is 14.3 Å². The lowest BCUT2D eigenvalue weighted by molar-refractivity contribution is -0.150. The molecule has 1 aliphatic rings. The van der Waals surface area contributed by atoms with Crippen molar-refractivity contribution in [1.82, 2.24) is 5.32 Å². The van der Waals surface area contributed by atoms with Crippen molar-refractivity contribution in [1.29, 1.82) is 0 Å². The predicted octanol–water partition coefficient (Wildman–Crippen LogP) is 2.92. The molecule has 5 nitrogen and oxygen atoms in total. The van der Waals surface area contributed by atoms with E-state index < -0.39 is 12.1 Å². The molecule has 1 fully saturated rings. The van der Waals surface area contributed by atoms with Gasteiger partial charge in [0.1, 0.15) is 5.76 Å². The summed E-state index contributed by atoms with van der Waals surface area (Å²) >= 11 is 0. The Hall–Kier alpha value is -2.04. The van der Waals surface area contributed by atoms with E-state index in [1.54, 1.807) is 19.1 Å². The van der Waals surface area contributed by atoms with E-state index in [4.69, 9.17) is 9.15 Å². The normalized spacial score (nSPS) is 23.2. The van der Waals surface area contributed by atoms with Crippen molar-refractivity contribution in [2.24, 2.45) is 5.92 Å². The lowest BCUT2D eigenvalue weighted by Crippen LogP contribution is -2.45. The van der Waals surface area contributed by atoms with Crippen LogP contribution in [0.3, 0.4) is 0 Å². The van der Waals surface area contributed by atoms with Crippen LogP contribution < -0.4 is 5.32 Å². The smallest absolute Gasteiger partial charge is 0.331 e. The first-order valence-electron chi connectivity index (χ1n) is 7.79. The molecule has 0 aromatic carbocycles. The maximum atomic E-state index is 12.1. The van der Waals surface area contributed by atoms with Gasteiger partial charge in [-0.1, -0.05) is 19.8 Å². The van der Waals surface area contributed by atoms with Gasteiger partial charge in [-0.05, 0) is 43.9 Å². The standard InChI is InChI=1S/C17H23NO4/c1-12-6-3-4-8-15(12)18-17(20)13(2)22-16(19)10-9-14-7-5-11-21-14/h5,7,9-13,15H,3-4,6,8H2,1-2H3,(H,18,20)/b10-9+/t12-,13+,15+/m0/s1. The molecule has 22 heavy (non-hydrogen) atoms. The van der Waals surface area contributed by atoms with Crippen molar-refractivity contribution in [2.75, 3.05) is 0 Å². The van der Waals surface area contributed by atoms with E-state index in [9.17, 15) is 9.59 Å². The molecule has 0 spiro atoms. The summed E-state index contributed by atoms with van der Waals surface area (Å²) in [5.41, 5.74) is 0. The van der Waals surface area contributed by atoms with Crippen molar-refractivity contribution in [3.05, 3.63) is 30.2 Å². The van der Waals surface area contributed by atoms with E-state index >= 15 is 0 Å². The Kier molecular flexibility index (Phi) is 5.81. The SMILES string of the molecule is C[C@@H](OC(=O)/C=C/c1ccco1)C(=O)N[C@@H]1CCCC[C@@H]1C. The Morgan fingerprint density at radius 3 is 2.86 bits per heavy atom. The second-order valence-electron chi connectivity index (χ2n) is 5.80. The summed E-state index contributed by atoms with van der Waals surface area (Å²) in [6.07, 6.45) is 7.96. The average molecular weight is 305 g/mol. The van der Waals surface area contributed by atoms with E-state index in [0.717, 1.165) is 19.3 Å². The summed E-state index contributed by atoms with van der Waals surface area (Å²) in [6, 6.07) is 3.64. The number of esters is 1. The monoisotopic (exact) mass is 305 g/mol. The topological polar surface area (TPSA) is 68.5 Å². The molecular weight excluding hydrogens is 282 g/mol. The first-order valence-corrected chi connectivity index (χ1v) is 7.79. The summed E-state index contributed by atoms with van der Waals surface area (Å²) in [7, 11) is 0. The van der Waals surface area contributed by atoms with Crippen LogP contribution in [0.15, 0.2) is 28.9 Å². The van der Waals surface area contributed by atoms with Crippen LogP contribution in [0.1, 0.15) is 45.3 Å². The molecule has 1 aromatic rings. The van der Waals surface area contributed by atoms with Crippen LogP contribution in [0, 0.1) is 5.92 Å². The van der Waals surface area contributed by atoms with Gasteiger partial charge in [-0.3, -0.25) is 4.79 Å². The van der Waals surface area contributed by atoms with Crippen LogP contribution in [0.25, 0.3) is 6.08 Å². The Bertz CT molecular complexity index is 521. The van der Waals surface area contributed by atoms with E-state index in [2.05, 4.69) is 12.2 Å². The van der Waals surface area contributed by atoms with Crippen LogP contribution in [0.4, 0.5) is 0 Å². The van der Waals surface area contributed by atoms with Crippen LogP contribution in [-0.4, -0.2) is 24.0 Å². The van der Waals surface area contributed by atoms with Crippen LogP contribution in [0.5, 0.6) is 0 Å². The number of rotatable bonds is 5. The third kappa shape index (κ3) is 4.76. The van der Waals surface area contributed by atoms with Gasteiger partial charge < -0.3 is 14.5 Å². The molecule has 0 unspecified atom stereocenters. The highest BCUT2D eigenvalue weighted by Gasteiger charge is 2.25. The number of furan rings is 1. The minimum atomic E-state index is -0.803. The zero-order valence-corrected chi connectivity index (χ0v) is 13.1. The Labute approximate surface area is 130 Å². The molecule has 1 aliphatic carbocycles. The Morgan fingerprint density at radius 2 is 2.18 bits per heavy atom. The number of nitrogens with one attached hydrogen (secondary N) is 1. The number of carbonyl (C=O) groups excluding carboxylic acids is 2. The van der Waals surface area contributed by atoms with Gasteiger partial charge in [-0.15, -0.1) is 0 Å². The first kappa shape index (κ1) is 16.3. The second-order valence-corrected chi connectivity index (χ2v) is 5.80. The van der Waals surface area contributed by atoms with E-state index in [1.165, 1.54) is 24.8 Å². The van der Waals surface area contributed by atoms with Crippen molar-refractivity contribution < 1.29 is 18.7 Å². The lowest BCUT2D eigenvalue weighted by atomic mass is 9.86. The molecule has 1 aromatic heterocycles. The number of carbonyl (C=O) groups is 2. The first-order chi connectivity index (χ1) is 10.6. The summed E-state index contributed by atoms with van der Waals surface area (Å²) in [4.78, 5) is 23.8. The fraction of sp³-hybridized carbons (Fsp3) is 0.529. The molecule has 1 amide bonds. The maximum Gasteiger partial charge on any atom is 0.331 e. The van der Waals surface area contributed by atoms with Gasteiger partial charge in [-0.2, -0.15) is 0 Å². The van der Waals surface area contributed by atoms with Gasteiger partial charge in [0.05, 0.1) is 6.26 Å². The lowest BCUT2D eigenvalue weighted by Gasteiger charge is -2.30. The molecule has 1 saturated carbocycles.